The van der Waals surface area contributed by atoms with Crippen molar-refractivity contribution in [2.45, 2.75) is 6.92 Å². The second kappa shape index (κ2) is 4.77. The maximum Gasteiger partial charge on any atom is 0.264 e. The number of carbonyl (C=O) groups excluding carboxylic acids is 2. The van der Waals surface area contributed by atoms with E-state index in [4.69, 9.17) is 5.26 Å². The van der Waals surface area contributed by atoms with Crippen LogP contribution in [0, 0.1) is 11.5 Å². The molecule has 1 rings (SSSR count). The van der Waals surface area contributed by atoms with E-state index in [0.29, 0.717) is 11.3 Å². The first-order chi connectivity index (χ1) is 7.13. The molecule has 2 N–H and O–H groups in total. The molecule has 0 unspecified atom stereocenters. The SMILES string of the molecule is CC(=O)Nc1ccc(C(=O)NC#N)cc1. The van der Waals surface area contributed by atoms with Gasteiger partial charge in [-0.2, -0.15) is 5.26 Å². The summed E-state index contributed by atoms with van der Waals surface area (Å²) >= 11 is 0. The zero-order chi connectivity index (χ0) is 11.3. The van der Waals surface area contributed by atoms with Crippen LogP contribution in [0.2, 0.25) is 0 Å². The van der Waals surface area contributed by atoms with E-state index in [9.17, 15) is 9.59 Å². The zero-order valence-electron chi connectivity index (χ0n) is 8.07. The Morgan fingerprint density at radius 1 is 1.27 bits per heavy atom. The molecule has 76 valence electrons. The van der Waals surface area contributed by atoms with Gasteiger partial charge in [0.15, 0.2) is 6.19 Å². The third-order valence-electron chi connectivity index (χ3n) is 1.64. The summed E-state index contributed by atoms with van der Waals surface area (Å²) in [5.74, 6) is -0.642. The lowest BCUT2D eigenvalue weighted by Crippen LogP contribution is -2.17. The van der Waals surface area contributed by atoms with Crippen molar-refractivity contribution in [3.05, 3.63) is 29.8 Å². The Labute approximate surface area is 86.7 Å². The lowest BCUT2D eigenvalue weighted by Gasteiger charge is -2.02. The Morgan fingerprint density at radius 2 is 1.87 bits per heavy atom. The van der Waals surface area contributed by atoms with Crippen LogP contribution in [0.4, 0.5) is 5.69 Å². The van der Waals surface area contributed by atoms with Gasteiger partial charge in [-0.3, -0.25) is 14.9 Å². The van der Waals surface area contributed by atoms with Gasteiger partial charge in [0, 0.05) is 18.2 Å². The molecule has 0 fully saturated rings. The van der Waals surface area contributed by atoms with E-state index in [1.54, 1.807) is 18.3 Å². The van der Waals surface area contributed by atoms with Gasteiger partial charge >= 0.3 is 0 Å². The predicted molar refractivity (Wildman–Crippen MR) is 53.8 cm³/mol. The molecule has 0 aliphatic rings. The minimum atomic E-state index is -0.466. The van der Waals surface area contributed by atoms with E-state index in [-0.39, 0.29) is 5.91 Å². The Balaban J connectivity index is 2.77. The number of nitrogens with one attached hydrogen (secondary N) is 2. The first-order valence-electron chi connectivity index (χ1n) is 4.20. The first-order valence-corrected chi connectivity index (χ1v) is 4.20. The standard InChI is InChI=1S/C10H9N3O2/c1-7(14)13-9-4-2-8(3-5-9)10(15)12-6-11/h2-5H,1H3,(H,12,15)(H,13,14). The molecule has 5 heteroatoms. The maximum absolute atomic E-state index is 11.2. The van der Waals surface area contributed by atoms with Gasteiger partial charge in [-0.15, -0.1) is 0 Å². The van der Waals surface area contributed by atoms with E-state index in [2.05, 4.69) is 5.32 Å². The predicted octanol–water partition coefficient (Wildman–Crippen LogP) is 0.856. The van der Waals surface area contributed by atoms with Crippen molar-refractivity contribution in [1.82, 2.24) is 5.32 Å². The summed E-state index contributed by atoms with van der Waals surface area (Å²) in [5, 5.41) is 12.8. The highest BCUT2D eigenvalue weighted by molar-refractivity contribution is 5.96. The Hall–Kier alpha value is -2.35. The van der Waals surface area contributed by atoms with Gasteiger partial charge in [0.2, 0.25) is 5.91 Å². The van der Waals surface area contributed by atoms with Crippen LogP contribution in [-0.2, 0) is 4.79 Å². The Bertz CT molecular complexity index is 417. The van der Waals surface area contributed by atoms with Crippen molar-refractivity contribution in [2.75, 3.05) is 5.32 Å². The maximum atomic E-state index is 11.2. The van der Waals surface area contributed by atoms with E-state index >= 15 is 0 Å². The summed E-state index contributed by atoms with van der Waals surface area (Å²) in [6, 6.07) is 6.23. The number of amides is 2. The molecule has 0 saturated heterocycles. The molecule has 15 heavy (non-hydrogen) atoms. The lowest BCUT2D eigenvalue weighted by molar-refractivity contribution is -0.114. The Kier molecular flexibility index (Phi) is 3.41. The fourth-order valence-electron chi connectivity index (χ4n) is 1.03. The highest BCUT2D eigenvalue weighted by Gasteiger charge is 2.03. The number of benzene rings is 1. The van der Waals surface area contributed by atoms with E-state index < -0.39 is 5.91 Å². The van der Waals surface area contributed by atoms with Crippen LogP contribution in [0.1, 0.15) is 17.3 Å². The van der Waals surface area contributed by atoms with Gasteiger partial charge in [0.25, 0.3) is 5.91 Å². The molecule has 0 atom stereocenters. The second-order valence-corrected chi connectivity index (χ2v) is 2.82. The van der Waals surface area contributed by atoms with Gasteiger partial charge in [-0.1, -0.05) is 0 Å². The van der Waals surface area contributed by atoms with E-state index in [0.717, 1.165) is 0 Å². The molecule has 0 bridgehead atoms. The fraction of sp³-hybridized carbons (Fsp3) is 0.100. The molecule has 2 amide bonds. The molecule has 0 radical (unpaired) electrons. The smallest absolute Gasteiger partial charge is 0.264 e. The third kappa shape index (κ3) is 3.12. The van der Waals surface area contributed by atoms with E-state index in [1.807, 2.05) is 5.32 Å². The van der Waals surface area contributed by atoms with Crippen molar-refractivity contribution in [3.8, 4) is 6.19 Å². The van der Waals surface area contributed by atoms with Crippen molar-refractivity contribution in [3.63, 3.8) is 0 Å². The summed E-state index contributed by atoms with van der Waals surface area (Å²) in [5.41, 5.74) is 0.974. The number of hydrogen-bond donors (Lipinski definition) is 2. The van der Waals surface area contributed by atoms with Crippen molar-refractivity contribution >= 4 is 17.5 Å². The second-order valence-electron chi connectivity index (χ2n) is 2.82. The molecule has 0 aromatic heterocycles. The van der Waals surface area contributed by atoms with E-state index in [1.165, 1.54) is 19.1 Å². The topological polar surface area (TPSA) is 82.0 Å². The minimum Gasteiger partial charge on any atom is -0.326 e. The molecule has 1 aromatic carbocycles. The molecular formula is C10H9N3O2. The van der Waals surface area contributed by atoms with Gasteiger partial charge < -0.3 is 5.32 Å². The largest absolute Gasteiger partial charge is 0.326 e. The highest BCUT2D eigenvalue weighted by atomic mass is 16.2. The van der Waals surface area contributed by atoms with Gasteiger partial charge in [0.1, 0.15) is 0 Å². The number of rotatable bonds is 2. The fourth-order valence-corrected chi connectivity index (χ4v) is 1.03. The van der Waals surface area contributed by atoms with Crippen molar-refractivity contribution in [1.29, 1.82) is 5.26 Å². The number of carbonyl (C=O) groups is 2. The monoisotopic (exact) mass is 203 g/mol. The van der Waals surface area contributed by atoms with Crippen LogP contribution in [0.25, 0.3) is 0 Å². The highest BCUT2D eigenvalue weighted by Crippen LogP contribution is 2.09. The van der Waals surface area contributed by atoms with Gasteiger partial charge in [-0.25, -0.2) is 0 Å². The molecule has 0 spiro atoms. The number of hydrogen-bond acceptors (Lipinski definition) is 3. The first kappa shape index (κ1) is 10.7. The van der Waals surface area contributed by atoms with Crippen LogP contribution >= 0.6 is 0 Å². The third-order valence-corrected chi connectivity index (χ3v) is 1.64. The van der Waals surface area contributed by atoms with Crippen LogP contribution in [0.3, 0.4) is 0 Å². The van der Waals surface area contributed by atoms with Crippen molar-refractivity contribution < 1.29 is 9.59 Å². The number of anilines is 1. The quantitative estimate of drug-likeness (QED) is 0.552. The Morgan fingerprint density at radius 3 is 2.33 bits per heavy atom. The molecule has 0 aliphatic heterocycles. The van der Waals surface area contributed by atoms with Gasteiger partial charge in [0.05, 0.1) is 0 Å². The minimum absolute atomic E-state index is 0.177. The van der Waals surface area contributed by atoms with Crippen LogP contribution < -0.4 is 10.6 Å². The molecule has 5 nitrogen and oxygen atoms in total. The molecule has 1 aromatic rings. The summed E-state index contributed by atoms with van der Waals surface area (Å²) in [6.07, 6.45) is 1.54. The molecule has 0 saturated carbocycles. The van der Waals surface area contributed by atoms with Crippen LogP contribution in [0.15, 0.2) is 24.3 Å². The average Bonchev–Trinajstić information content (AvgIpc) is 2.18. The number of nitrogens with zero attached hydrogens (tertiary/aromatic N) is 1. The number of nitriles is 1. The summed E-state index contributed by atoms with van der Waals surface area (Å²) in [7, 11) is 0. The zero-order valence-corrected chi connectivity index (χ0v) is 8.07. The summed E-state index contributed by atoms with van der Waals surface area (Å²) in [4.78, 5) is 21.9. The normalized spacial score (nSPS) is 8.80. The summed E-state index contributed by atoms with van der Waals surface area (Å²) < 4.78 is 0. The average molecular weight is 203 g/mol. The molecule has 0 heterocycles. The van der Waals surface area contributed by atoms with Crippen LogP contribution in [-0.4, -0.2) is 11.8 Å². The molecule has 0 aliphatic carbocycles. The van der Waals surface area contributed by atoms with Crippen LogP contribution in [0.5, 0.6) is 0 Å². The van der Waals surface area contributed by atoms with Gasteiger partial charge in [-0.05, 0) is 24.3 Å². The summed E-state index contributed by atoms with van der Waals surface area (Å²) in [6.45, 7) is 1.40. The molecular weight excluding hydrogens is 194 g/mol. The van der Waals surface area contributed by atoms with Crippen molar-refractivity contribution in [2.24, 2.45) is 0 Å². The lowest BCUT2D eigenvalue weighted by atomic mass is 10.2.